The van der Waals surface area contributed by atoms with Gasteiger partial charge in [-0.1, -0.05) is 26.0 Å². The van der Waals surface area contributed by atoms with E-state index in [1.807, 2.05) is 39.0 Å². The van der Waals surface area contributed by atoms with Crippen molar-refractivity contribution < 1.29 is 27.5 Å². The van der Waals surface area contributed by atoms with Crippen LogP contribution in [0.2, 0.25) is 0 Å². The molecule has 0 N–H and O–H groups in total. The van der Waals surface area contributed by atoms with Gasteiger partial charge in [0, 0.05) is 12.6 Å². The highest BCUT2D eigenvalue weighted by atomic mass is 32.2. The van der Waals surface area contributed by atoms with Crippen LogP contribution in [0.3, 0.4) is 0 Å². The molecule has 2 unspecified atom stereocenters. The first-order valence-electron chi connectivity index (χ1n) is 9.97. The predicted molar refractivity (Wildman–Crippen MR) is 111 cm³/mol. The Morgan fingerprint density at radius 3 is 2.48 bits per heavy atom. The molecule has 0 aromatic heterocycles. The Morgan fingerprint density at radius 2 is 1.93 bits per heavy atom. The van der Waals surface area contributed by atoms with E-state index in [-0.39, 0.29) is 36.0 Å². The van der Waals surface area contributed by atoms with Crippen molar-refractivity contribution in [2.75, 3.05) is 24.7 Å². The van der Waals surface area contributed by atoms with Crippen molar-refractivity contribution in [1.82, 2.24) is 4.90 Å². The number of likely N-dealkylation sites (N-methyl/N-ethyl adjacent to an activating group) is 1. The van der Waals surface area contributed by atoms with Crippen molar-refractivity contribution >= 4 is 21.7 Å². The van der Waals surface area contributed by atoms with E-state index in [0.717, 1.165) is 11.1 Å². The highest BCUT2D eigenvalue weighted by Crippen LogP contribution is 2.27. The summed E-state index contributed by atoms with van der Waals surface area (Å²) < 4.78 is 34.3. The zero-order chi connectivity index (χ0) is 21.8. The fourth-order valence-electron chi connectivity index (χ4n) is 3.51. The lowest BCUT2D eigenvalue weighted by Gasteiger charge is -2.29. The SMILES string of the molecule is CCN(C(=O)C(C)OC(=O)COc1cc(C)ccc1C(C)C)C1CCS(=O)(=O)C1. The lowest BCUT2D eigenvalue weighted by atomic mass is 10.0. The smallest absolute Gasteiger partial charge is 0.344 e. The van der Waals surface area contributed by atoms with E-state index in [2.05, 4.69) is 0 Å². The highest BCUT2D eigenvalue weighted by molar-refractivity contribution is 7.91. The molecule has 29 heavy (non-hydrogen) atoms. The van der Waals surface area contributed by atoms with E-state index < -0.39 is 21.9 Å². The number of amides is 1. The summed E-state index contributed by atoms with van der Waals surface area (Å²) in [4.78, 5) is 26.4. The third kappa shape index (κ3) is 6.19. The monoisotopic (exact) mass is 425 g/mol. The lowest BCUT2D eigenvalue weighted by molar-refractivity contribution is -0.161. The molecule has 1 heterocycles. The van der Waals surface area contributed by atoms with E-state index in [1.165, 1.54) is 11.8 Å². The molecule has 0 aliphatic carbocycles. The second-order valence-corrected chi connectivity index (χ2v) is 10.0. The van der Waals surface area contributed by atoms with E-state index in [4.69, 9.17) is 9.47 Å². The molecule has 2 atom stereocenters. The first-order chi connectivity index (χ1) is 13.5. The number of carbonyl (C=O) groups is 2. The van der Waals surface area contributed by atoms with Crippen LogP contribution in [0.25, 0.3) is 0 Å². The fraction of sp³-hybridized carbons (Fsp3) is 0.619. The van der Waals surface area contributed by atoms with Crippen molar-refractivity contribution in [2.45, 2.75) is 59.1 Å². The summed E-state index contributed by atoms with van der Waals surface area (Å²) in [6, 6.07) is 5.47. The summed E-state index contributed by atoms with van der Waals surface area (Å²) in [5.74, 6) is -0.122. The van der Waals surface area contributed by atoms with E-state index in [0.29, 0.717) is 18.7 Å². The van der Waals surface area contributed by atoms with Crippen LogP contribution in [0.15, 0.2) is 18.2 Å². The van der Waals surface area contributed by atoms with Crippen molar-refractivity contribution in [1.29, 1.82) is 0 Å². The van der Waals surface area contributed by atoms with E-state index in [9.17, 15) is 18.0 Å². The van der Waals surface area contributed by atoms with Crippen LogP contribution < -0.4 is 4.74 Å². The number of hydrogen-bond donors (Lipinski definition) is 0. The van der Waals surface area contributed by atoms with Gasteiger partial charge in [0.05, 0.1) is 11.5 Å². The maximum Gasteiger partial charge on any atom is 0.344 e. The molecule has 162 valence electrons. The highest BCUT2D eigenvalue weighted by Gasteiger charge is 2.36. The summed E-state index contributed by atoms with van der Waals surface area (Å²) in [7, 11) is -3.11. The van der Waals surface area contributed by atoms with Gasteiger partial charge in [0.25, 0.3) is 5.91 Å². The number of sulfone groups is 1. The van der Waals surface area contributed by atoms with Crippen LogP contribution in [-0.2, 0) is 24.2 Å². The van der Waals surface area contributed by atoms with Gasteiger partial charge in [-0.05, 0) is 50.3 Å². The summed E-state index contributed by atoms with van der Waals surface area (Å²) in [5.41, 5.74) is 2.01. The number of hydrogen-bond acceptors (Lipinski definition) is 6. The third-order valence-corrected chi connectivity index (χ3v) is 6.82. The average molecular weight is 426 g/mol. The van der Waals surface area contributed by atoms with E-state index in [1.54, 1.807) is 6.92 Å². The summed E-state index contributed by atoms with van der Waals surface area (Å²) in [6.45, 7) is 9.37. The van der Waals surface area contributed by atoms with Crippen LogP contribution >= 0.6 is 0 Å². The first-order valence-corrected chi connectivity index (χ1v) is 11.8. The molecule has 1 aliphatic rings. The third-order valence-electron chi connectivity index (χ3n) is 5.07. The number of aryl methyl sites for hydroxylation is 1. The molecule has 1 fully saturated rings. The number of esters is 1. The lowest BCUT2D eigenvalue weighted by Crippen LogP contribution is -2.46. The molecule has 1 aromatic rings. The van der Waals surface area contributed by atoms with Crippen molar-refractivity contribution in [3.05, 3.63) is 29.3 Å². The second kappa shape index (κ2) is 9.61. The van der Waals surface area contributed by atoms with Crippen molar-refractivity contribution in [3.63, 3.8) is 0 Å². The molecule has 1 aliphatic heterocycles. The zero-order valence-corrected chi connectivity index (χ0v) is 18.6. The molecule has 1 aromatic carbocycles. The van der Waals surface area contributed by atoms with Gasteiger partial charge < -0.3 is 14.4 Å². The Balaban J connectivity index is 1.95. The van der Waals surface area contributed by atoms with Crippen LogP contribution in [0.1, 0.15) is 51.2 Å². The van der Waals surface area contributed by atoms with Gasteiger partial charge in [0.1, 0.15) is 5.75 Å². The van der Waals surface area contributed by atoms with Crippen molar-refractivity contribution in [3.8, 4) is 5.75 Å². The Labute approximate surface area is 173 Å². The number of rotatable bonds is 8. The van der Waals surface area contributed by atoms with Gasteiger partial charge in [-0.2, -0.15) is 0 Å². The molecule has 0 bridgehead atoms. The van der Waals surface area contributed by atoms with Crippen LogP contribution in [-0.4, -0.2) is 62.0 Å². The normalized spacial score (nSPS) is 19.0. The Kier molecular flexibility index (Phi) is 7.68. The standard InChI is InChI=1S/C21H31NO6S/c1-6-22(17-9-10-29(25,26)13-17)21(24)16(5)28-20(23)12-27-19-11-15(4)7-8-18(19)14(2)3/h7-8,11,14,16-17H,6,9-10,12-13H2,1-5H3. The molecular weight excluding hydrogens is 394 g/mol. The zero-order valence-electron chi connectivity index (χ0n) is 17.8. The van der Waals surface area contributed by atoms with Gasteiger partial charge in [-0.25, -0.2) is 13.2 Å². The molecule has 7 nitrogen and oxygen atoms in total. The van der Waals surface area contributed by atoms with Crippen LogP contribution in [0, 0.1) is 6.92 Å². The molecular formula is C21H31NO6S. The minimum Gasteiger partial charge on any atom is -0.482 e. The summed E-state index contributed by atoms with van der Waals surface area (Å²) >= 11 is 0. The summed E-state index contributed by atoms with van der Waals surface area (Å²) in [5, 5.41) is 0. The first kappa shape index (κ1) is 23.2. The maximum absolute atomic E-state index is 12.7. The van der Waals surface area contributed by atoms with Gasteiger partial charge in [0.15, 0.2) is 22.5 Å². The number of nitrogens with zero attached hydrogens (tertiary/aromatic N) is 1. The van der Waals surface area contributed by atoms with Crippen molar-refractivity contribution in [2.24, 2.45) is 0 Å². The minimum absolute atomic E-state index is 0.0400. The number of carbonyl (C=O) groups excluding carboxylic acids is 2. The summed E-state index contributed by atoms with van der Waals surface area (Å²) in [6.07, 6.45) is -0.590. The van der Waals surface area contributed by atoms with Gasteiger partial charge in [0.2, 0.25) is 0 Å². The largest absolute Gasteiger partial charge is 0.482 e. The minimum atomic E-state index is -3.11. The molecule has 0 radical (unpaired) electrons. The quantitative estimate of drug-likeness (QED) is 0.595. The number of ether oxygens (including phenoxy) is 2. The average Bonchev–Trinajstić information content (AvgIpc) is 2.99. The van der Waals surface area contributed by atoms with Crippen LogP contribution in [0.4, 0.5) is 0 Å². The number of benzene rings is 1. The molecule has 8 heteroatoms. The molecule has 0 spiro atoms. The van der Waals surface area contributed by atoms with E-state index >= 15 is 0 Å². The molecule has 0 saturated carbocycles. The Bertz CT molecular complexity index is 849. The second-order valence-electron chi connectivity index (χ2n) is 7.80. The molecule has 2 rings (SSSR count). The van der Waals surface area contributed by atoms with Gasteiger partial charge in [-0.3, -0.25) is 4.79 Å². The predicted octanol–water partition coefficient (Wildman–Crippen LogP) is 2.46. The molecule has 1 amide bonds. The Morgan fingerprint density at radius 1 is 1.24 bits per heavy atom. The maximum atomic E-state index is 12.7. The molecule has 1 saturated heterocycles. The fourth-order valence-corrected chi connectivity index (χ4v) is 5.24. The van der Waals surface area contributed by atoms with Crippen LogP contribution in [0.5, 0.6) is 5.75 Å². The van der Waals surface area contributed by atoms with Gasteiger partial charge >= 0.3 is 5.97 Å². The van der Waals surface area contributed by atoms with Gasteiger partial charge in [-0.15, -0.1) is 0 Å². The topological polar surface area (TPSA) is 90.0 Å². The Hall–Kier alpha value is -2.09.